The molecular weight excluding hydrogens is 593 g/mol. The number of ether oxygens (including phenoxy) is 2. The fourth-order valence-corrected chi connectivity index (χ4v) is 6.39. The lowest BCUT2D eigenvalue weighted by Crippen LogP contribution is -2.44. The molecule has 0 aliphatic carbocycles. The molecule has 0 saturated carbocycles. The smallest absolute Gasteiger partial charge is 0.417 e. The van der Waals surface area contributed by atoms with Crippen molar-refractivity contribution >= 4 is 40.6 Å². The van der Waals surface area contributed by atoms with Gasteiger partial charge in [-0.05, 0) is 120 Å². The van der Waals surface area contributed by atoms with Crippen LogP contribution >= 0.6 is 12.2 Å². The van der Waals surface area contributed by atoms with Crippen molar-refractivity contribution in [1.82, 2.24) is 4.90 Å². The molecule has 0 aromatic heterocycles. The maximum Gasteiger partial charge on any atom is 0.417 e. The molecule has 2 saturated heterocycles. The maximum absolute atomic E-state index is 13.7. The Balaban J connectivity index is 1.47. The molecule has 0 bridgehead atoms. The van der Waals surface area contributed by atoms with Crippen LogP contribution in [-0.2, 0) is 26.9 Å². The van der Waals surface area contributed by atoms with Gasteiger partial charge in [-0.3, -0.25) is 19.4 Å². The fraction of sp³-hybridized carbons (Fsp3) is 0.500. The minimum Gasteiger partial charge on any atom is -0.493 e. The molecule has 2 aliphatic rings. The minimum absolute atomic E-state index is 0.0430. The normalized spacial score (nSPS) is 18.3. The van der Waals surface area contributed by atoms with Gasteiger partial charge in [0.15, 0.2) is 5.11 Å². The third-order valence-corrected chi connectivity index (χ3v) is 8.93. The molecule has 1 atom stereocenters. The van der Waals surface area contributed by atoms with E-state index >= 15 is 0 Å². The molecule has 2 aromatic carbocycles. The van der Waals surface area contributed by atoms with Crippen LogP contribution in [0.1, 0.15) is 63.6 Å². The highest BCUT2D eigenvalue weighted by Crippen LogP contribution is 2.40. The van der Waals surface area contributed by atoms with Crippen LogP contribution < -0.4 is 14.5 Å². The van der Waals surface area contributed by atoms with Gasteiger partial charge in [0.1, 0.15) is 17.3 Å². The molecular formula is C32H37F3N4O4S. The Kier molecular flexibility index (Phi) is 9.90. The topological polar surface area (TPSA) is 86.1 Å². The van der Waals surface area contributed by atoms with Crippen molar-refractivity contribution in [1.29, 1.82) is 5.26 Å². The Morgan fingerprint density at radius 1 is 1.16 bits per heavy atom. The first-order valence-electron chi connectivity index (χ1n) is 14.6. The molecule has 2 aliphatic heterocycles. The number of hydrogen-bond acceptors (Lipinski definition) is 7. The van der Waals surface area contributed by atoms with Crippen molar-refractivity contribution < 1.29 is 32.2 Å². The Hall–Kier alpha value is -3.69. The molecule has 2 aromatic rings. The lowest BCUT2D eigenvalue weighted by Gasteiger charge is -2.34. The van der Waals surface area contributed by atoms with E-state index in [1.807, 2.05) is 26.0 Å². The summed E-state index contributed by atoms with van der Waals surface area (Å²) in [7, 11) is 1.40. The number of hydrogen-bond donors (Lipinski definition) is 0. The summed E-state index contributed by atoms with van der Waals surface area (Å²) < 4.78 is 52.0. The van der Waals surface area contributed by atoms with Crippen LogP contribution in [0.25, 0.3) is 0 Å². The van der Waals surface area contributed by atoms with Gasteiger partial charge in [-0.1, -0.05) is 6.92 Å². The lowest BCUT2D eigenvalue weighted by molar-refractivity contribution is -0.147. The zero-order valence-electron chi connectivity index (χ0n) is 25.5. The highest BCUT2D eigenvalue weighted by Gasteiger charge is 2.50. The largest absolute Gasteiger partial charge is 0.493 e. The summed E-state index contributed by atoms with van der Waals surface area (Å²) in [4.78, 5) is 30.3. The molecule has 0 unspecified atom stereocenters. The van der Waals surface area contributed by atoms with Crippen molar-refractivity contribution in [3.8, 4) is 11.8 Å². The summed E-state index contributed by atoms with van der Waals surface area (Å²) in [5.74, 6) is 0.509. The molecule has 0 spiro atoms. The number of amides is 1. The number of aryl methyl sites for hydroxylation is 1. The molecule has 0 N–H and O–H groups in total. The molecule has 1 amide bonds. The zero-order chi connectivity index (χ0) is 32.4. The van der Waals surface area contributed by atoms with E-state index in [-0.39, 0.29) is 22.8 Å². The van der Waals surface area contributed by atoms with E-state index in [9.17, 15) is 22.8 Å². The van der Waals surface area contributed by atoms with Crippen molar-refractivity contribution in [2.75, 3.05) is 36.6 Å². The summed E-state index contributed by atoms with van der Waals surface area (Å²) in [6.45, 7) is 9.39. The number of anilines is 2. The second kappa shape index (κ2) is 13.1. The van der Waals surface area contributed by atoms with E-state index in [2.05, 4.69) is 4.90 Å². The number of piperidine rings is 1. The minimum atomic E-state index is -4.77. The van der Waals surface area contributed by atoms with E-state index in [4.69, 9.17) is 27.0 Å². The predicted molar refractivity (Wildman–Crippen MR) is 165 cm³/mol. The lowest BCUT2D eigenvalue weighted by atomic mass is 9.93. The quantitative estimate of drug-likeness (QED) is 0.243. The van der Waals surface area contributed by atoms with Gasteiger partial charge < -0.3 is 14.4 Å². The van der Waals surface area contributed by atoms with Crippen LogP contribution in [0.4, 0.5) is 24.5 Å². The van der Waals surface area contributed by atoms with E-state index in [0.29, 0.717) is 24.6 Å². The number of esters is 1. The molecule has 2 heterocycles. The molecule has 4 rings (SSSR count). The van der Waals surface area contributed by atoms with Gasteiger partial charge >= 0.3 is 12.1 Å². The second-order valence-corrected chi connectivity index (χ2v) is 12.0. The highest BCUT2D eigenvalue weighted by atomic mass is 32.1. The maximum atomic E-state index is 13.7. The first-order valence-corrected chi connectivity index (χ1v) is 15.0. The fourth-order valence-electron chi connectivity index (χ4n) is 5.87. The van der Waals surface area contributed by atoms with E-state index in [0.717, 1.165) is 60.7 Å². The van der Waals surface area contributed by atoms with Gasteiger partial charge in [0.2, 0.25) is 0 Å². The van der Waals surface area contributed by atoms with Gasteiger partial charge in [-0.25, -0.2) is 0 Å². The number of carbonyl (C=O) groups is 2. The summed E-state index contributed by atoms with van der Waals surface area (Å²) in [5.41, 5.74) is -1.36. The number of methoxy groups -OCH3 is 1. The first kappa shape index (κ1) is 33.2. The van der Waals surface area contributed by atoms with Gasteiger partial charge in [0.05, 0.1) is 36.6 Å². The molecule has 8 nitrogen and oxygen atoms in total. The number of nitrogens with zero attached hydrogens (tertiary/aromatic N) is 4. The average molecular weight is 631 g/mol. The van der Waals surface area contributed by atoms with Crippen LogP contribution in [0.5, 0.6) is 5.75 Å². The standard InChI is InChI=1S/C32H37F3N4O4S/c1-6-22-17-25(9-10-27(22)43-16-13-21-11-14-37(15-12-21)20(2)28(40)42-5)39-30(44)38(29(41)31(39,3)4)24-8-7-23(19-36)26(18-24)32(33,34)35/h7-10,17-18,20-21H,6,11-16H2,1-5H3/t20-/m1/s1. The van der Waals surface area contributed by atoms with Crippen LogP contribution in [0.3, 0.4) is 0 Å². The monoisotopic (exact) mass is 630 g/mol. The van der Waals surface area contributed by atoms with Crippen molar-refractivity contribution in [2.45, 2.75) is 71.1 Å². The third-order valence-electron chi connectivity index (χ3n) is 8.56. The van der Waals surface area contributed by atoms with Gasteiger partial charge in [-0.2, -0.15) is 18.4 Å². The molecule has 2 fully saturated rings. The van der Waals surface area contributed by atoms with Crippen molar-refractivity contribution in [2.24, 2.45) is 5.92 Å². The number of likely N-dealkylation sites (tertiary alicyclic amines) is 1. The van der Waals surface area contributed by atoms with E-state index in [1.165, 1.54) is 13.2 Å². The predicted octanol–water partition coefficient (Wildman–Crippen LogP) is 6.10. The number of carbonyl (C=O) groups excluding carboxylic acids is 2. The Bertz CT molecular complexity index is 1460. The molecule has 12 heteroatoms. The number of alkyl halides is 3. The first-order chi connectivity index (χ1) is 20.7. The number of thiocarbonyl (C=S) groups is 1. The molecule has 236 valence electrons. The van der Waals surface area contributed by atoms with Crippen molar-refractivity contribution in [3.05, 3.63) is 53.1 Å². The Labute approximate surface area is 261 Å². The van der Waals surface area contributed by atoms with Crippen LogP contribution in [0.15, 0.2) is 36.4 Å². The molecule has 44 heavy (non-hydrogen) atoms. The van der Waals surface area contributed by atoms with Crippen LogP contribution in [0, 0.1) is 17.2 Å². The zero-order valence-corrected chi connectivity index (χ0v) is 26.3. The van der Waals surface area contributed by atoms with Crippen LogP contribution in [0.2, 0.25) is 0 Å². The van der Waals surface area contributed by atoms with E-state index < -0.39 is 28.7 Å². The van der Waals surface area contributed by atoms with Crippen LogP contribution in [-0.4, -0.2) is 60.3 Å². The average Bonchev–Trinajstić information content (AvgIpc) is 3.18. The van der Waals surface area contributed by atoms with E-state index in [1.54, 1.807) is 30.9 Å². The summed E-state index contributed by atoms with van der Waals surface area (Å²) in [5, 5.41) is 9.21. The SMILES string of the molecule is CCc1cc(N2C(=S)N(c3ccc(C#N)c(C(F)(F)F)c3)C(=O)C2(C)C)ccc1OCCC1CCN([C@H](C)C(=O)OC)CC1. The van der Waals surface area contributed by atoms with Crippen molar-refractivity contribution in [3.63, 3.8) is 0 Å². The highest BCUT2D eigenvalue weighted by molar-refractivity contribution is 7.81. The molecule has 0 radical (unpaired) electrons. The number of rotatable bonds is 9. The number of halogens is 3. The number of nitriles is 1. The van der Waals surface area contributed by atoms with Gasteiger partial charge in [0.25, 0.3) is 5.91 Å². The summed E-state index contributed by atoms with van der Waals surface area (Å²) >= 11 is 5.67. The summed E-state index contributed by atoms with van der Waals surface area (Å²) in [6.07, 6.45) is -1.30. The Morgan fingerprint density at radius 2 is 1.82 bits per heavy atom. The van der Waals surface area contributed by atoms with Gasteiger partial charge in [-0.15, -0.1) is 0 Å². The Morgan fingerprint density at radius 3 is 2.41 bits per heavy atom. The third kappa shape index (κ3) is 6.54. The summed E-state index contributed by atoms with van der Waals surface area (Å²) in [6, 6.07) is 9.99. The number of benzene rings is 2. The van der Waals surface area contributed by atoms with Gasteiger partial charge in [0, 0.05) is 5.69 Å². The second-order valence-electron chi connectivity index (χ2n) is 11.6.